The van der Waals surface area contributed by atoms with Crippen molar-refractivity contribution in [2.45, 2.75) is 32.3 Å². The van der Waals surface area contributed by atoms with Gasteiger partial charge in [-0.05, 0) is 62.2 Å². The van der Waals surface area contributed by atoms with Gasteiger partial charge in [0.1, 0.15) is 5.60 Å². The van der Waals surface area contributed by atoms with E-state index in [9.17, 15) is 9.59 Å². The fourth-order valence-electron chi connectivity index (χ4n) is 2.72. The van der Waals surface area contributed by atoms with Crippen LogP contribution in [0.2, 0.25) is 0 Å². The molecule has 2 amide bonds. The normalized spacial score (nSPS) is 11.1. The highest BCUT2D eigenvalue weighted by Gasteiger charge is 2.18. The summed E-state index contributed by atoms with van der Waals surface area (Å²) in [4.78, 5) is 25.0. The van der Waals surface area contributed by atoms with Crippen molar-refractivity contribution in [2.75, 3.05) is 10.6 Å². The Morgan fingerprint density at radius 1 is 0.967 bits per heavy atom. The topological polar surface area (TPSA) is 80.6 Å². The molecule has 30 heavy (non-hydrogen) atoms. The summed E-state index contributed by atoms with van der Waals surface area (Å²) in [6, 6.07) is 14.1. The Kier molecular flexibility index (Phi) is 6.47. The van der Waals surface area contributed by atoms with Crippen molar-refractivity contribution in [1.29, 1.82) is 0 Å². The van der Waals surface area contributed by atoms with Gasteiger partial charge in [-0.1, -0.05) is 18.2 Å². The van der Waals surface area contributed by atoms with Crippen molar-refractivity contribution in [1.82, 2.24) is 0 Å². The number of nitrogens with one attached hydrogen (secondary N) is 2. The van der Waals surface area contributed by atoms with Crippen LogP contribution in [0.5, 0.6) is 0 Å². The summed E-state index contributed by atoms with van der Waals surface area (Å²) >= 11 is 5.81. The highest BCUT2D eigenvalue weighted by atomic mass is 35.5. The number of alkyl halides is 1. The van der Waals surface area contributed by atoms with Crippen molar-refractivity contribution < 1.29 is 18.7 Å². The number of furan rings is 1. The summed E-state index contributed by atoms with van der Waals surface area (Å²) in [5, 5.41) is 5.56. The average molecular weight is 427 g/mol. The van der Waals surface area contributed by atoms with E-state index in [2.05, 4.69) is 10.6 Å². The Labute approximate surface area is 180 Å². The zero-order valence-electron chi connectivity index (χ0n) is 17.0. The third-order valence-corrected chi connectivity index (χ3v) is 4.44. The standard InChI is InChI=1S/C23H23ClN2O4/c1-23(2,3)30-22(28)26-19-9-8-17(18-10-11-29-14-18)12-20(19)25-21(27)16-6-4-15(13-24)5-7-16/h4-12,14H,13H2,1-3H3,(H,25,27)(H,26,28). The summed E-state index contributed by atoms with van der Waals surface area (Å²) in [6.07, 6.45) is 2.56. The maximum Gasteiger partial charge on any atom is 0.412 e. The summed E-state index contributed by atoms with van der Waals surface area (Å²) < 4.78 is 10.5. The van der Waals surface area contributed by atoms with Gasteiger partial charge < -0.3 is 14.5 Å². The van der Waals surface area contributed by atoms with Crippen LogP contribution in [0.15, 0.2) is 65.5 Å². The number of carbonyl (C=O) groups excluding carboxylic acids is 2. The fourth-order valence-corrected chi connectivity index (χ4v) is 2.90. The molecule has 0 fully saturated rings. The number of amides is 2. The van der Waals surface area contributed by atoms with E-state index in [0.29, 0.717) is 22.8 Å². The molecule has 2 aromatic carbocycles. The number of benzene rings is 2. The second-order valence-corrected chi connectivity index (χ2v) is 7.95. The molecule has 0 radical (unpaired) electrons. The smallest absolute Gasteiger partial charge is 0.412 e. The van der Waals surface area contributed by atoms with Gasteiger partial charge in [0, 0.05) is 17.0 Å². The molecule has 7 heteroatoms. The van der Waals surface area contributed by atoms with Gasteiger partial charge in [0.2, 0.25) is 0 Å². The van der Waals surface area contributed by atoms with Gasteiger partial charge in [0.25, 0.3) is 5.91 Å². The molecular formula is C23H23ClN2O4. The van der Waals surface area contributed by atoms with E-state index in [1.165, 1.54) is 0 Å². The Bertz CT molecular complexity index is 1020. The van der Waals surface area contributed by atoms with Crippen molar-refractivity contribution in [3.63, 3.8) is 0 Å². The molecule has 1 aromatic heterocycles. The van der Waals surface area contributed by atoms with Gasteiger partial charge in [-0.25, -0.2) is 4.79 Å². The fraction of sp³-hybridized carbons (Fsp3) is 0.217. The van der Waals surface area contributed by atoms with Gasteiger partial charge >= 0.3 is 6.09 Å². The highest BCUT2D eigenvalue weighted by molar-refractivity contribution is 6.17. The van der Waals surface area contributed by atoms with Gasteiger partial charge in [-0.3, -0.25) is 10.1 Å². The van der Waals surface area contributed by atoms with Crippen LogP contribution in [0, 0.1) is 0 Å². The van der Waals surface area contributed by atoms with Crippen LogP contribution in [-0.4, -0.2) is 17.6 Å². The highest BCUT2D eigenvalue weighted by Crippen LogP contribution is 2.30. The average Bonchev–Trinajstić information content (AvgIpc) is 3.22. The van der Waals surface area contributed by atoms with Crippen LogP contribution in [0.1, 0.15) is 36.7 Å². The van der Waals surface area contributed by atoms with E-state index in [0.717, 1.165) is 16.7 Å². The minimum atomic E-state index is -0.644. The number of hydrogen-bond donors (Lipinski definition) is 2. The van der Waals surface area contributed by atoms with Crippen molar-refractivity contribution >= 4 is 35.0 Å². The molecule has 0 spiro atoms. The van der Waals surface area contributed by atoms with E-state index in [1.807, 2.05) is 12.1 Å². The number of carbonyl (C=O) groups is 2. The molecule has 0 saturated heterocycles. The molecular weight excluding hydrogens is 404 g/mol. The van der Waals surface area contributed by atoms with E-state index >= 15 is 0 Å². The second-order valence-electron chi connectivity index (χ2n) is 7.68. The van der Waals surface area contributed by atoms with Crippen LogP contribution in [0.25, 0.3) is 11.1 Å². The number of anilines is 2. The zero-order valence-corrected chi connectivity index (χ0v) is 17.7. The lowest BCUT2D eigenvalue weighted by Gasteiger charge is -2.21. The van der Waals surface area contributed by atoms with Crippen molar-refractivity contribution in [2.24, 2.45) is 0 Å². The summed E-state index contributed by atoms with van der Waals surface area (Å²) in [5.41, 5.74) is 3.28. The Balaban J connectivity index is 1.88. The number of halogens is 1. The number of rotatable bonds is 5. The SMILES string of the molecule is CC(C)(C)OC(=O)Nc1ccc(-c2ccoc2)cc1NC(=O)c1ccc(CCl)cc1. The van der Waals surface area contributed by atoms with Crippen LogP contribution >= 0.6 is 11.6 Å². The quantitative estimate of drug-likeness (QED) is 0.470. The Hall–Kier alpha value is -3.25. The first-order chi connectivity index (χ1) is 14.2. The molecule has 0 saturated carbocycles. The molecule has 0 unspecified atom stereocenters. The molecule has 0 aliphatic carbocycles. The molecule has 156 valence electrons. The molecule has 0 atom stereocenters. The van der Waals surface area contributed by atoms with Gasteiger partial charge in [-0.15, -0.1) is 11.6 Å². The zero-order chi connectivity index (χ0) is 21.7. The predicted octanol–water partition coefficient (Wildman–Crippen LogP) is 6.28. The summed E-state index contributed by atoms with van der Waals surface area (Å²) in [5.74, 6) is 0.0613. The Morgan fingerprint density at radius 2 is 1.70 bits per heavy atom. The second kappa shape index (κ2) is 9.05. The summed E-state index contributed by atoms with van der Waals surface area (Å²) in [6.45, 7) is 5.34. The van der Waals surface area contributed by atoms with Gasteiger partial charge in [-0.2, -0.15) is 0 Å². The molecule has 0 bridgehead atoms. The molecule has 2 N–H and O–H groups in total. The monoisotopic (exact) mass is 426 g/mol. The first-order valence-electron chi connectivity index (χ1n) is 9.38. The van der Waals surface area contributed by atoms with E-state index in [-0.39, 0.29) is 5.91 Å². The van der Waals surface area contributed by atoms with Crippen LogP contribution in [0.4, 0.5) is 16.2 Å². The first kappa shape index (κ1) is 21.5. The lowest BCUT2D eigenvalue weighted by atomic mass is 10.1. The van der Waals surface area contributed by atoms with Gasteiger partial charge in [0.15, 0.2) is 0 Å². The van der Waals surface area contributed by atoms with E-state index in [1.54, 1.807) is 69.7 Å². The predicted molar refractivity (Wildman–Crippen MR) is 118 cm³/mol. The molecule has 0 aliphatic heterocycles. The maximum atomic E-state index is 12.8. The van der Waals surface area contributed by atoms with E-state index in [4.69, 9.17) is 20.8 Å². The first-order valence-corrected chi connectivity index (χ1v) is 9.91. The van der Waals surface area contributed by atoms with Crippen LogP contribution < -0.4 is 10.6 Å². The van der Waals surface area contributed by atoms with Crippen LogP contribution in [0.3, 0.4) is 0 Å². The molecule has 0 aliphatic rings. The van der Waals surface area contributed by atoms with Crippen molar-refractivity contribution in [3.8, 4) is 11.1 Å². The molecule has 3 rings (SSSR count). The third kappa shape index (κ3) is 5.64. The largest absolute Gasteiger partial charge is 0.472 e. The lowest BCUT2D eigenvalue weighted by Crippen LogP contribution is -2.27. The Morgan fingerprint density at radius 3 is 2.30 bits per heavy atom. The molecule has 3 aromatic rings. The number of ether oxygens (including phenoxy) is 1. The maximum absolute atomic E-state index is 12.8. The summed E-state index contributed by atoms with van der Waals surface area (Å²) in [7, 11) is 0. The van der Waals surface area contributed by atoms with Crippen molar-refractivity contribution in [3.05, 3.63) is 72.2 Å². The minimum absolute atomic E-state index is 0.312. The lowest BCUT2D eigenvalue weighted by molar-refractivity contribution is 0.0635. The third-order valence-electron chi connectivity index (χ3n) is 4.13. The van der Waals surface area contributed by atoms with E-state index < -0.39 is 11.7 Å². The minimum Gasteiger partial charge on any atom is -0.472 e. The molecule has 1 heterocycles. The number of hydrogen-bond acceptors (Lipinski definition) is 4. The molecule has 6 nitrogen and oxygen atoms in total. The van der Waals surface area contributed by atoms with Gasteiger partial charge in [0.05, 0.1) is 23.9 Å². The van der Waals surface area contributed by atoms with Crippen LogP contribution in [-0.2, 0) is 10.6 Å².